The summed E-state index contributed by atoms with van der Waals surface area (Å²) >= 11 is 0. The van der Waals surface area contributed by atoms with Crippen LogP contribution in [0, 0.1) is 5.82 Å². The van der Waals surface area contributed by atoms with Crippen molar-refractivity contribution in [2.24, 2.45) is 0 Å². The second kappa shape index (κ2) is 6.82. The molecule has 0 N–H and O–H groups in total. The largest absolute Gasteiger partial charge is 0.301 e. The Kier molecular flexibility index (Phi) is 4.13. The first kappa shape index (κ1) is 17.6. The van der Waals surface area contributed by atoms with Crippen LogP contribution in [0.2, 0.25) is 0 Å². The Morgan fingerprint density at radius 3 is 2.69 bits per heavy atom. The maximum Gasteiger partial charge on any atom is 0.269 e. The summed E-state index contributed by atoms with van der Waals surface area (Å²) in [6.45, 7) is 2.28. The van der Waals surface area contributed by atoms with Gasteiger partial charge in [-0.15, -0.1) is 0 Å². The number of hydrogen-bond donors (Lipinski definition) is 0. The fourth-order valence-electron chi connectivity index (χ4n) is 4.00. The third-order valence-electron chi connectivity index (χ3n) is 5.63. The minimum atomic E-state index is -0.315. The molecule has 0 saturated carbocycles. The molecule has 5 rings (SSSR count). The first-order valence-electron chi connectivity index (χ1n) is 9.63. The zero-order valence-electron chi connectivity index (χ0n) is 16.0. The standard InChI is InChI=1S/C25H19FN2O/c1-16-6-7-19-12-17(10-11-21(16)19)18-8-9-20(22(26)13-18)15-28-24-5-3-2-4-23(24)27-14-25(28)29/h2-6,8-14H,7,15H2,1H3. The van der Waals surface area contributed by atoms with Crippen molar-refractivity contribution in [1.29, 1.82) is 0 Å². The zero-order valence-corrected chi connectivity index (χ0v) is 16.0. The Morgan fingerprint density at radius 1 is 1.03 bits per heavy atom. The van der Waals surface area contributed by atoms with E-state index in [1.54, 1.807) is 16.7 Å². The molecule has 0 unspecified atom stereocenters. The zero-order chi connectivity index (χ0) is 20.0. The van der Waals surface area contributed by atoms with Crippen LogP contribution in [-0.2, 0) is 13.0 Å². The summed E-state index contributed by atoms with van der Waals surface area (Å²) in [6.07, 6.45) is 4.43. The normalized spacial score (nSPS) is 12.8. The average molecular weight is 382 g/mol. The van der Waals surface area contributed by atoms with Gasteiger partial charge in [0.25, 0.3) is 5.56 Å². The number of hydrogen-bond acceptors (Lipinski definition) is 2. The molecule has 0 fully saturated rings. The van der Waals surface area contributed by atoms with E-state index < -0.39 is 0 Å². The molecule has 0 aliphatic heterocycles. The molecule has 1 aromatic heterocycles. The van der Waals surface area contributed by atoms with E-state index in [4.69, 9.17) is 0 Å². The molecule has 1 aliphatic carbocycles. The van der Waals surface area contributed by atoms with Gasteiger partial charge < -0.3 is 4.57 Å². The fourth-order valence-corrected chi connectivity index (χ4v) is 4.00. The van der Waals surface area contributed by atoms with E-state index in [1.807, 2.05) is 36.4 Å². The van der Waals surface area contributed by atoms with Gasteiger partial charge in [-0.2, -0.15) is 0 Å². The summed E-state index contributed by atoms with van der Waals surface area (Å²) in [5.41, 5.74) is 7.34. The highest BCUT2D eigenvalue weighted by Crippen LogP contribution is 2.31. The molecule has 3 aromatic carbocycles. The molecular weight excluding hydrogens is 363 g/mol. The summed E-state index contributed by atoms with van der Waals surface area (Å²) in [5.74, 6) is -0.315. The number of benzene rings is 3. The molecule has 0 saturated heterocycles. The molecule has 0 bridgehead atoms. The van der Waals surface area contributed by atoms with Gasteiger partial charge in [-0.1, -0.05) is 48.5 Å². The van der Waals surface area contributed by atoms with E-state index in [-0.39, 0.29) is 17.9 Å². The number of halogens is 1. The number of rotatable bonds is 3. The maximum atomic E-state index is 14.9. The first-order chi connectivity index (χ1) is 14.1. The molecule has 29 heavy (non-hydrogen) atoms. The van der Waals surface area contributed by atoms with Gasteiger partial charge in [0.1, 0.15) is 5.82 Å². The highest BCUT2D eigenvalue weighted by Gasteiger charge is 2.13. The average Bonchev–Trinajstić information content (AvgIpc) is 3.11. The molecule has 0 radical (unpaired) electrons. The van der Waals surface area contributed by atoms with Crippen LogP contribution >= 0.6 is 0 Å². The van der Waals surface area contributed by atoms with E-state index in [1.165, 1.54) is 22.9 Å². The molecule has 4 aromatic rings. The predicted molar refractivity (Wildman–Crippen MR) is 114 cm³/mol. The summed E-state index contributed by atoms with van der Waals surface area (Å²) in [6, 6.07) is 18.9. The molecule has 1 aliphatic rings. The Hall–Kier alpha value is -3.53. The molecule has 0 amide bonds. The summed E-state index contributed by atoms with van der Waals surface area (Å²) in [7, 11) is 0. The Labute approximate surface area is 167 Å². The minimum absolute atomic E-state index is 0.168. The first-order valence-corrected chi connectivity index (χ1v) is 9.63. The van der Waals surface area contributed by atoms with Crippen LogP contribution in [0.1, 0.15) is 23.6 Å². The molecule has 0 atom stereocenters. The van der Waals surface area contributed by atoms with E-state index in [0.717, 1.165) is 17.5 Å². The van der Waals surface area contributed by atoms with Gasteiger partial charge in [-0.3, -0.25) is 4.79 Å². The van der Waals surface area contributed by atoms with E-state index in [0.29, 0.717) is 16.6 Å². The minimum Gasteiger partial charge on any atom is -0.301 e. The van der Waals surface area contributed by atoms with Crippen molar-refractivity contribution in [1.82, 2.24) is 9.55 Å². The Morgan fingerprint density at radius 2 is 1.83 bits per heavy atom. The van der Waals surface area contributed by atoms with Crippen molar-refractivity contribution < 1.29 is 4.39 Å². The van der Waals surface area contributed by atoms with Gasteiger partial charge in [0.05, 0.1) is 23.8 Å². The van der Waals surface area contributed by atoms with Gasteiger partial charge in [0.2, 0.25) is 0 Å². The molecule has 3 nitrogen and oxygen atoms in total. The lowest BCUT2D eigenvalue weighted by Gasteiger charge is -2.12. The number of fused-ring (bicyclic) bond motifs is 2. The van der Waals surface area contributed by atoms with Crippen molar-refractivity contribution >= 4 is 16.6 Å². The number of nitrogens with zero attached hydrogens (tertiary/aromatic N) is 2. The van der Waals surface area contributed by atoms with Crippen LogP contribution < -0.4 is 5.56 Å². The molecule has 0 spiro atoms. The molecular formula is C25H19FN2O. The smallest absolute Gasteiger partial charge is 0.269 e. The lowest BCUT2D eigenvalue weighted by atomic mass is 9.98. The van der Waals surface area contributed by atoms with Gasteiger partial charge >= 0.3 is 0 Å². The maximum absolute atomic E-state index is 14.9. The predicted octanol–water partition coefficient (Wildman–Crippen LogP) is 5.21. The van der Waals surface area contributed by atoms with E-state index in [2.05, 4.69) is 30.1 Å². The van der Waals surface area contributed by atoms with Crippen LogP contribution in [-0.4, -0.2) is 9.55 Å². The topological polar surface area (TPSA) is 34.9 Å². The molecule has 142 valence electrons. The lowest BCUT2D eigenvalue weighted by molar-refractivity contribution is 0.599. The van der Waals surface area contributed by atoms with Gasteiger partial charge in [-0.05, 0) is 59.4 Å². The Bertz CT molecular complexity index is 1350. The second-order valence-electron chi connectivity index (χ2n) is 7.44. The van der Waals surface area contributed by atoms with Crippen LogP contribution in [0.15, 0.2) is 77.7 Å². The number of allylic oxidation sites excluding steroid dienone is 2. The highest BCUT2D eigenvalue weighted by molar-refractivity contribution is 5.76. The van der Waals surface area contributed by atoms with Crippen LogP contribution in [0.4, 0.5) is 4.39 Å². The van der Waals surface area contributed by atoms with E-state index in [9.17, 15) is 9.18 Å². The summed E-state index contributed by atoms with van der Waals surface area (Å²) < 4.78 is 16.5. The third kappa shape index (κ3) is 3.07. The van der Waals surface area contributed by atoms with Crippen LogP contribution in [0.5, 0.6) is 0 Å². The van der Waals surface area contributed by atoms with Crippen molar-refractivity contribution in [3.8, 4) is 11.1 Å². The third-order valence-corrected chi connectivity index (χ3v) is 5.63. The quantitative estimate of drug-likeness (QED) is 0.487. The lowest BCUT2D eigenvalue weighted by Crippen LogP contribution is -2.21. The molecule has 4 heteroatoms. The van der Waals surface area contributed by atoms with Crippen LogP contribution in [0.25, 0.3) is 27.7 Å². The second-order valence-corrected chi connectivity index (χ2v) is 7.44. The van der Waals surface area contributed by atoms with Crippen molar-refractivity contribution in [2.75, 3.05) is 0 Å². The summed E-state index contributed by atoms with van der Waals surface area (Å²) in [5, 5.41) is 0. The Balaban J connectivity index is 1.50. The fraction of sp³-hybridized carbons (Fsp3) is 0.120. The SMILES string of the molecule is CC1=CCc2cc(-c3ccc(Cn4c(=O)cnc5ccccc54)c(F)c3)ccc21. The van der Waals surface area contributed by atoms with Gasteiger partial charge in [-0.25, -0.2) is 9.37 Å². The number of para-hydroxylation sites is 2. The van der Waals surface area contributed by atoms with Gasteiger partial charge in [0, 0.05) is 5.56 Å². The van der Waals surface area contributed by atoms with Gasteiger partial charge in [0.15, 0.2) is 0 Å². The summed E-state index contributed by atoms with van der Waals surface area (Å²) in [4.78, 5) is 16.5. The van der Waals surface area contributed by atoms with Crippen LogP contribution in [0.3, 0.4) is 0 Å². The number of aromatic nitrogens is 2. The van der Waals surface area contributed by atoms with Crippen molar-refractivity contribution in [2.45, 2.75) is 19.9 Å². The van der Waals surface area contributed by atoms with Crippen molar-refractivity contribution in [3.05, 3.63) is 106 Å². The van der Waals surface area contributed by atoms with Crippen molar-refractivity contribution in [3.63, 3.8) is 0 Å². The highest BCUT2D eigenvalue weighted by atomic mass is 19.1. The monoisotopic (exact) mass is 382 g/mol. The van der Waals surface area contributed by atoms with E-state index >= 15 is 0 Å². The molecule has 1 heterocycles.